The summed E-state index contributed by atoms with van der Waals surface area (Å²) in [6.07, 6.45) is 5.13. The molecule has 0 radical (unpaired) electrons. The number of amides is 1. The Bertz CT molecular complexity index is 888. The second kappa shape index (κ2) is 7.87. The first-order valence-corrected chi connectivity index (χ1v) is 9.45. The van der Waals surface area contributed by atoms with Gasteiger partial charge in [-0.1, -0.05) is 13.3 Å². The number of ether oxygens (including phenoxy) is 1. The smallest absolute Gasteiger partial charge is 0.389 e. The van der Waals surface area contributed by atoms with Crippen molar-refractivity contribution in [2.24, 2.45) is 5.92 Å². The summed E-state index contributed by atoms with van der Waals surface area (Å²) in [4.78, 5) is 35.8. The molecule has 0 fully saturated rings. The topological polar surface area (TPSA) is 116 Å². The fourth-order valence-electron chi connectivity index (χ4n) is 3.26. The number of carbonyl (C=O) groups excluding carboxylic acids is 2. The van der Waals surface area contributed by atoms with Gasteiger partial charge in [-0.3, -0.25) is 4.79 Å². The Morgan fingerprint density at radius 2 is 2.30 bits per heavy atom. The average molecular weight is 392 g/mol. The first kappa shape index (κ1) is 19.0. The van der Waals surface area contributed by atoms with Crippen LogP contribution >= 0.6 is 11.3 Å². The fraction of sp³-hybridized carbons (Fsp3) is 0.471. The molecular formula is C17H20N4O5S. The van der Waals surface area contributed by atoms with Crippen LogP contribution in [0.1, 0.15) is 40.6 Å². The molecule has 144 valence electrons. The number of fused-ring (bicyclic) bond motifs is 1. The van der Waals surface area contributed by atoms with E-state index in [0.29, 0.717) is 16.5 Å². The van der Waals surface area contributed by atoms with E-state index < -0.39 is 16.8 Å². The molecule has 2 aromatic heterocycles. The van der Waals surface area contributed by atoms with Crippen LogP contribution in [-0.4, -0.2) is 33.7 Å². The minimum Gasteiger partial charge on any atom is -0.465 e. The van der Waals surface area contributed by atoms with E-state index >= 15 is 0 Å². The molecule has 9 nitrogen and oxygen atoms in total. The molecule has 3 rings (SSSR count). The molecule has 1 atom stereocenters. The normalized spacial score (nSPS) is 15.9. The van der Waals surface area contributed by atoms with Gasteiger partial charge in [0.05, 0.1) is 30.0 Å². The van der Waals surface area contributed by atoms with Crippen molar-refractivity contribution in [2.45, 2.75) is 39.2 Å². The standard InChI is InChI=1S/C17H20N4O5S/c1-3-10-4-5-11-12(8-10)27-16(15(11)17(23)26-2)18-14(22)9-20-7-6-13(19-20)21(24)25/h6-7,10H,3-5,8-9H2,1-2H3,(H,18,22). The quantitative estimate of drug-likeness (QED) is 0.459. The summed E-state index contributed by atoms with van der Waals surface area (Å²) in [5, 5.41) is 17.6. The number of aromatic nitrogens is 2. The Hall–Kier alpha value is -2.75. The number of nitro groups is 1. The summed E-state index contributed by atoms with van der Waals surface area (Å²) in [5.74, 6) is -0.624. The van der Waals surface area contributed by atoms with Crippen molar-refractivity contribution in [2.75, 3.05) is 12.4 Å². The largest absolute Gasteiger partial charge is 0.465 e. The van der Waals surface area contributed by atoms with Crippen LogP contribution in [-0.2, 0) is 28.9 Å². The number of thiophene rings is 1. The van der Waals surface area contributed by atoms with Crippen molar-refractivity contribution >= 4 is 34.0 Å². The third kappa shape index (κ3) is 4.00. The van der Waals surface area contributed by atoms with Crippen LogP contribution in [0, 0.1) is 16.0 Å². The highest BCUT2D eigenvalue weighted by molar-refractivity contribution is 7.17. The van der Waals surface area contributed by atoms with Gasteiger partial charge in [0.1, 0.15) is 11.5 Å². The monoisotopic (exact) mass is 392 g/mol. The number of carbonyl (C=O) groups is 2. The van der Waals surface area contributed by atoms with Crippen molar-refractivity contribution in [3.05, 3.63) is 38.4 Å². The summed E-state index contributed by atoms with van der Waals surface area (Å²) in [6.45, 7) is 1.96. The number of hydrogen-bond acceptors (Lipinski definition) is 7. The number of methoxy groups -OCH3 is 1. The Morgan fingerprint density at radius 3 is 2.93 bits per heavy atom. The van der Waals surface area contributed by atoms with Crippen LogP contribution in [0.4, 0.5) is 10.8 Å². The highest BCUT2D eigenvalue weighted by atomic mass is 32.1. The highest BCUT2D eigenvalue weighted by Gasteiger charge is 2.29. The van der Waals surface area contributed by atoms with E-state index in [4.69, 9.17) is 4.74 Å². The van der Waals surface area contributed by atoms with Gasteiger partial charge in [0.15, 0.2) is 0 Å². The number of rotatable bonds is 6. The van der Waals surface area contributed by atoms with E-state index in [-0.39, 0.29) is 12.4 Å². The zero-order valence-corrected chi connectivity index (χ0v) is 15.9. The Kier molecular flexibility index (Phi) is 5.54. The molecule has 2 heterocycles. The molecule has 0 spiro atoms. The van der Waals surface area contributed by atoms with E-state index in [0.717, 1.165) is 36.1 Å². The highest BCUT2D eigenvalue weighted by Crippen LogP contribution is 2.40. The van der Waals surface area contributed by atoms with Gasteiger partial charge >= 0.3 is 11.8 Å². The molecule has 0 saturated carbocycles. The minimum atomic E-state index is -0.624. The third-order valence-corrected chi connectivity index (χ3v) is 5.88. The maximum atomic E-state index is 12.4. The number of hydrogen-bond donors (Lipinski definition) is 1. The van der Waals surface area contributed by atoms with Gasteiger partial charge in [-0.2, -0.15) is 4.68 Å². The summed E-state index contributed by atoms with van der Waals surface area (Å²) in [5.41, 5.74) is 1.38. The van der Waals surface area contributed by atoms with Crippen molar-refractivity contribution in [1.82, 2.24) is 9.78 Å². The van der Waals surface area contributed by atoms with Gasteiger partial charge in [0, 0.05) is 4.88 Å². The minimum absolute atomic E-state index is 0.186. The van der Waals surface area contributed by atoms with Gasteiger partial charge in [0.2, 0.25) is 5.91 Å². The van der Waals surface area contributed by atoms with E-state index in [1.54, 1.807) is 0 Å². The van der Waals surface area contributed by atoms with Crippen LogP contribution in [0.15, 0.2) is 12.3 Å². The number of anilines is 1. The molecular weight excluding hydrogens is 372 g/mol. The van der Waals surface area contributed by atoms with Crippen LogP contribution < -0.4 is 5.32 Å². The Balaban J connectivity index is 1.80. The Morgan fingerprint density at radius 1 is 1.52 bits per heavy atom. The van der Waals surface area contributed by atoms with Crippen LogP contribution in [0.5, 0.6) is 0 Å². The lowest BCUT2D eigenvalue weighted by molar-refractivity contribution is -0.389. The third-order valence-electron chi connectivity index (χ3n) is 4.71. The maximum absolute atomic E-state index is 12.4. The molecule has 0 saturated heterocycles. The SMILES string of the molecule is CCC1CCc2c(sc(NC(=O)Cn3ccc([N+](=O)[O-])n3)c2C(=O)OC)C1. The molecule has 0 aromatic carbocycles. The lowest BCUT2D eigenvalue weighted by Gasteiger charge is -2.20. The second-order valence-corrected chi connectivity index (χ2v) is 7.50. The van der Waals surface area contributed by atoms with Gasteiger partial charge in [-0.25, -0.2) is 4.79 Å². The van der Waals surface area contributed by atoms with Gasteiger partial charge in [0.25, 0.3) is 0 Å². The Labute approximate surface area is 159 Å². The fourth-order valence-corrected chi connectivity index (χ4v) is 4.62. The summed E-state index contributed by atoms with van der Waals surface area (Å²) in [6, 6.07) is 1.22. The lowest BCUT2D eigenvalue weighted by atomic mass is 9.86. The molecule has 0 bridgehead atoms. The maximum Gasteiger partial charge on any atom is 0.389 e. The van der Waals surface area contributed by atoms with Crippen molar-refractivity contribution in [1.29, 1.82) is 0 Å². The summed E-state index contributed by atoms with van der Waals surface area (Å²) in [7, 11) is 1.32. The molecule has 1 aliphatic rings. The summed E-state index contributed by atoms with van der Waals surface area (Å²) >= 11 is 1.40. The van der Waals surface area contributed by atoms with Crippen molar-refractivity contribution in [3.8, 4) is 0 Å². The molecule has 2 aromatic rings. The van der Waals surface area contributed by atoms with E-state index in [1.807, 2.05) is 0 Å². The van der Waals surface area contributed by atoms with Crippen LogP contribution in [0.2, 0.25) is 0 Å². The van der Waals surface area contributed by atoms with Gasteiger partial charge < -0.3 is 20.2 Å². The molecule has 1 N–H and O–H groups in total. The summed E-state index contributed by atoms with van der Waals surface area (Å²) < 4.78 is 6.09. The number of esters is 1. The van der Waals surface area contributed by atoms with Gasteiger partial charge in [-0.05, 0) is 35.7 Å². The predicted octanol–water partition coefficient (Wildman–Crippen LogP) is 2.79. The van der Waals surface area contributed by atoms with Crippen LogP contribution in [0.25, 0.3) is 0 Å². The molecule has 1 amide bonds. The van der Waals surface area contributed by atoms with Gasteiger partial charge in [-0.15, -0.1) is 11.3 Å². The molecule has 1 aliphatic carbocycles. The van der Waals surface area contributed by atoms with E-state index in [1.165, 1.54) is 35.4 Å². The number of nitrogens with one attached hydrogen (secondary N) is 1. The first-order valence-electron chi connectivity index (χ1n) is 8.63. The first-order chi connectivity index (χ1) is 12.9. The van der Waals surface area contributed by atoms with E-state index in [9.17, 15) is 19.7 Å². The molecule has 0 aliphatic heterocycles. The predicted molar refractivity (Wildman–Crippen MR) is 99.0 cm³/mol. The molecule has 1 unspecified atom stereocenters. The zero-order valence-electron chi connectivity index (χ0n) is 15.1. The lowest BCUT2D eigenvalue weighted by Crippen LogP contribution is -2.20. The zero-order chi connectivity index (χ0) is 19.6. The van der Waals surface area contributed by atoms with Crippen molar-refractivity contribution < 1.29 is 19.2 Å². The number of nitrogens with zero attached hydrogens (tertiary/aromatic N) is 3. The average Bonchev–Trinajstić information content (AvgIpc) is 3.24. The molecule has 10 heteroatoms. The second-order valence-electron chi connectivity index (χ2n) is 6.39. The molecule has 27 heavy (non-hydrogen) atoms. The van der Waals surface area contributed by atoms with Crippen LogP contribution in [0.3, 0.4) is 0 Å². The van der Waals surface area contributed by atoms with Crippen molar-refractivity contribution in [3.63, 3.8) is 0 Å². The van der Waals surface area contributed by atoms with E-state index in [2.05, 4.69) is 17.3 Å².